The van der Waals surface area contributed by atoms with Crippen LogP contribution in [0.3, 0.4) is 0 Å². The van der Waals surface area contributed by atoms with Gasteiger partial charge in [0.1, 0.15) is 11.6 Å². The number of rotatable bonds is 5. The van der Waals surface area contributed by atoms with Gasteiger partial charge >= 0.3 is 0 Å². The van der Waals surface area contributed by atoms with E-state index in [1.54, 1.807) is 53.4 Å². The van der Waals surface area contributed by atoms with Crippen molar-refractivity contribution in [3.63, 3.8) is 0 Å². The number of para-hydroxylation sites is 1. The van der Waals surface area contributed by atoms with Crippen molar-refractivity contribution in [3.8, 4) is 28.8 Å². The number of amides is 1. The van der Waals surface area contributed by atoms with E-state index in [2.05, 4.69) is 57.2 Å². The fourth-order valence-corrected chi connectivity index (χ4v) is 5.41. The van der Waals surface area contributed by atoms with Gasteiger partial charge < -0.3 is 26.0 Å². The molecule has 13 heteroatoms. The van der Waals surface area contributed by atoms with Gasteiger partial charge in [-0.15, -0.1) is 10.2 Å². The summed E-state index contributed by atoms with van der Waals surface area (Å²) in [4.78, 5) is 30.0. The Morgan fingerprint density at radius 3 is 2.86 bits per heavy atom. The maximum absolute atomic E-state index is 12.4. The second-order valence-corrected chi connectivity index (χ2v) is 10.1. The first-order valence-electron chi connectivity index (χ1n) is 13.4. The Balaban J connectivity index is 0.998. The van der Waals surface area contributed by atoms with Gasteiger partial charge in [0.25, 0.3) is 5.91 Å². The Labute approximate surface area is 240 Å². The van der Waals surface area contributed by atoms with Gasteiger partial charge in [0.05, 0.1) is 24.0 Å². The van der Waals surface area contributed by atoms with E-state index in [4.69, 9.17) is 5.73 Å². The number of nitrogens with one attached hydrogen (secondary N) is 1. The zero-order chi connectivity index (χ0) is 28.6. The zero-order valence-corrected chi connectivity index (χ0v) is 22.3. The van der Waals surface area contributed by atoms with E-state index >= 15 is 0 Å². The maximum Gasteiger partial charge on any atom is 0.272 e. The molecule has 2 aliphatic heterocycles. The highest BCUT2D eigenvalue weighted by Crippen LogP contribution is 2.41. The van der Waals surface area contributed by atoms with Crippen molar-refractivity contribution in [2.45, 2.75) is 6.04 Å². The van der Waals surface area contributed by atoms with Crippen LogP contribution in [0.4, 0.5) is 17.3 Å². The third-order valence-electron chi connectivity index (χ3n) is 7.50. The molecule has 1 amide bonds. The number of hydrogen-bond acceptors (Lipinski definition) is 11. The molecule has 0 saturated carbocycles. The number of phenolic OH excluding ortho intramolecular Hbond substituents is 1. The van der Waals surface area contributed by atoms with Gasteiger partial charge in [0.15, 0.2) is 17.2 Å². The molecule has 2 atom stereocenters. The fourth-order valence-electron chi connectivity index (χ4n) is 5.41. The molecule has 2 fully saturated rings. The molecule has 7 rings (SSSR count). The summed E-state index contributed by atoms with van der Waals surface area (Å²) in [5.41, 5.74) is 9.08. The second-order valence-electron chi connectivity index (χ2n) is 10.1. The van der Waals surface area contributed by atoms with Crippen LogP contribution in [0, 0.1) is 17.8 Å². The summed E-state index contributed by atoms with van der Waals surface area (Å²) in [6, 6.07) is 14.4. The molecular weight excluding hydrogens is 534 g/mol. The standard InChI is InChI=1S/C29H25N11O2/c30-28-22(13-20(35-36-28)19-5-1-2-6-24(19)41)39-16-18-15-38(17-23(18)39)26-8-11-31-25(34-26)7-3-9-33-29(42)21-14-27-32-10-4-12-40(27)37-21/h1-2,4-6,8,10-14,18,23,41H,9,15-17H2,(H2,30,36)(H,33,42). The molecule has 42 heavy (non-hydrogen) atoms. The molecular formula is C29H25N11O2. The van der Waals surface area contributed by atoms with Gasteiger partial charge in [-0.2, -0.15) is 5.10 Å². The minimum atomic E-state index is -0.334. The zero-order valence-electron chi connectivity index (χ0n) is 22.3. The third-order valence-corrected chi connectivity index (χ3v) is 7.50. The van der Waals surface area contributed by atoms with Crippen LogP contribution in [0.15, 0.2) is 67.1 Å². The lowest BCUT2D eigenvalue weighted by Gasteiger charge is -2.45. The highest BCUT2D eigenvalue weighted by atomic mass is 16.3. The molecule has 4 aromatic heterocycles. The summed E-state index contributed by atoms with van der Waals surface area (Å²) in [7, 11) is 0. The van der Waals surface area contributed by atoms with Crippen molar-refractivity contribution in [2.24, 2.45) is 5.92 Å². The van der Waals surface area contributed by atoms with Crippen LogP contribution in [0.25, 0.3) is 16.9 Å². The monoisotopic (exact) mass is 559 g/mol. The molecule has 6 heterocycles. The van der Waals surface area contributed by atoms with Gasteiger partial charge in [-0.05, 0) is 36.3 Å². The maximum atomic E-state index is 12.4. The van der Waals surface area contributed by atoms with Crippen molar-refractivity contribution in [1.82, 2.24) is 40.1 Å². The largest absolute Gasteiger partial charge is 0.507 e. The second kappa shape index (κ2) is 10.3. The van der Waals surface area contributed by atoms with Crippen molar-refractivity contribution in [2.75, 3.05) is 41.7 Å². The molecule has 5 aromatic rings. The summed E-state index contributed by atoms with van der Waals surface area (Å²) in [6.07, 6.45) is 5.06. The van der Waals surface area contributed by atoms with Gasteiger partial charge in [-0.3, -0.25) is 4.79 Å². The Morgan fingerprint density at radius 2 is 1.98 bits per heavy atom. The van der Waals surface area contributed by atoms with E-state index < -0.39 is 0 Å². The molecule has 0 radical (unpaired) electrons. The molecule has 13 nitrogen and oxygen atoms in total. The molecule has 0 bridgehead atoms. The first kappa shape index (κ1) is 25.2. The summed E-state index contributed by atoms with van der Waals surface area (Å²) in [5, 5.41) is 25.6. The molecule has 2 aliphatic rings. The lowest BCUT2D eigenvalue weighted by atomic mass is 9.91. The number of aromatic hydroxyl groups is 1. The molecule has 0 spiro atoms. The lowest BCUT2D eigenvalue weighted by Crippen LogP contribution is -2.56. The van der Waals surface area contributed by atoms with E-state index in [0.29, 0.717) is 34.5 Å². The topological polar surface area (TPSA) is 164 Å². The average Bonchev–Trinajstić information content (AvgIpc) is 3.58. The Morgan fingerprint density at radius 1 is 1.07 bits per heavy atom. The van der Waals surface area contributed by atoms with Crippen LogP contribution in [0.5, 0.6) is 5.75 Å². The van der Waals surface area contributed by atoms with Crippen LogP contribution >= 0.6 is 0 Å². The van der Waals surface area contributed by atoms with Gasteiger partial charge in [-0.1, -0.05) is 18.1 Å². The predicted octanol–water partition coefficient (Wildman–Crippen LogP) is 1.37. The molecule has 2 saturated heterocycles. The first-order chi connectivity index (χ1) is 20.5. The fraction of sp³-hybridized carbons (Fsp3) is 0.207. The average molecular weight is 560 g/mol. The van der Waals surface area contributed by atoms with Crippen LogP contribution in [0.1, 0.15) is 16.3 Å². The number of fused-ring (bicyclic) bond motifs is 2. The first-order valence-corrected chi connectivity index (χ1v) is 13.4. The number of benzene rings is 1. The number of nitrogens with zero attached hydrogens (tertiary/aromatic N) is 9. The summed E-state index contributed by atoms with van der Waals surface area (Å²) >= 11 is 0. The van der Waals surface area contributed by atoms with Gasteiger partial charge in [0.2, 0.25) is 5.82 Å². The number of carbonyl (C=O) groups is 1. The third kappa shape index (κ3) is 4.64. The quantitative estimate of drug-likeness (QED) is 0.267. The SMILES string of the molecule is Nc1nnc(-c2ccccc2O)cc1N1CC2CN(c3ccnc(C#CCNC(=O)c4cc5ncccn5n4)n3)CC21. The number of phenols is 1. The van der Waals surface area contributed by atoms with Crippen molar-refractivity contribution in [3.05, 3.63) is 78.6 Å². The number of carbonyl (C=O) groups excluding carboxylic acids is 1. The number of nitrogens with two attached hydrogens (primary N) is 1. The van der Waals surface area contributed by atoms with E-state index in [0.717, 1.165) is 31.1 Å². The Kier molecular flexibility index (Phi) is 6.20. The van der Waals surface area contributed by atoms with Crippen molar-refractivity contribution >= 4 is 28.9 Å². The summed E-state index contributed by atoms with van der Waals surface area (Å²) < 4.78 is 1.54. The molecule has 0 aliphatic carbocycles. The lowest BCUT2D eigenvalue weighted by molar-refractivity contribution is 0.0953. The van der Waals surface area contributed by atoms with Gasteiger partial charge in [0, 0.05) is 55.8 Å². The summed E-state index contributed by atoms with van der Waals surface area (Å²) in [5.74, 6) is 7.63. The predicted molar refractivity (Wildman–Crippen MR) is 155 cm³/mol. The van der Waals surface area contributed by atoms with E-state index in [1.807, 2.05) is 18.2 Å². The van der Waals surface area contributed by atoms with Crippen LogP contribution < -0.4 is 20.9 Å². The molecule has 1 aromatic carbocycles. The summed E-state index contributed by atoms with van der Waals surface area (Å²) in [6.45, 7) is 2.56. The molecule has 208 valence electrons. The van der Waals surface area contributed by atoms with E-state index in [9.17, 15) is 9.90 Å². The van der Waals surface area contributed by atoms with Crippen LogP contribution in [0.2, 0.25) is 0 Å². The highest BCUT2D eigenvalue weighted by molar-refractivity contribution is 5.93. The van der Waals surface area contributed by atoms with E-state index in [-0.39, 0.29) is 29.9 Å². The minimum absolute atomic E-state index is 0.126. The Bertz CT molecular complexity index is 1850. The van der Waals surface area contributed by atoms with Crippen LogP contribution in [-0.4, -0.2) is 78.0 Å². The van der Waals surface area contributed by atoms with Crippen LogP contribution in [-0.2, 0) is 0 Å². The number of anilines is 3. The number of aromatic nitrogens is 7. The Hall–Kier alpha value is -5.77. The number of nitrogen functional groups attached to an aromatic ring is 1. The highest BCUT2D eigenvalue weighted by Gasteiger charge is 2.47. The van der Waals surface area contributed by atoms with Crippen molar-refractivity contribution in [1.29, 1.82) is 0 Å². The number of hydrogen-bond donors (Lipinski definition) is 3. The minimum Gasteiger partial charge on any atom is -0.507 e. The van der Waals surface area contributed by atoms with E-state index in [1.165, 1.54) is 0 Å². The van der Waals surface area contributed by atoms with Crippen molar-refractivity contribution < 1.29 is 9.90 Å². The smallest absolute Gasteiger partial charge is 0.272 e. The molecule has 4 N–H and O–H groups in total. The van der Waals surface area contributed by atoms with Gasteiger partial charge in [-0.25, -0.2) is 19.5 Å². The molecule has 2 unspecified atom stereocenters. The normalized spacial score (nSPS) is 17.3.